The summed E-state index contributed by atoms with van der Waals surface area (Å²) in [6, 6.07) is 5.95. The van der Waals surface area contributed by atoms with E-state index < -0.39 is 10.0 Å². The third kappa shape index (κ3) is 4.33. The standard InChI is InChI=1S/C17H26N2O4S/c1-14-4-3-5-16(18-14)11-22-8-6-15-7-9-23-17(10-15)12-19(13-17)24(2,20)21/h3-5,15H,6-13H2,1-2H3. The summed E-state index contributed by atoms with van der Waals surface area (Å²) in [6.45, 7) is 4.92. The summed E-state index contributed by atoms with van der Waals surface area (Å²) in [4.78, 5) is 4.43. The second-order valence-corrected chi connectivity index (χ2v) is 9.02. The van der Waals surface area contributed by atoms with Gasteiger partial charge in [-0.3, -0.25) is 4.98 Å². The number of aromatic nitrogens is 1. The quantitative estimate of drug-likeness (QED) is 0.728. The first-order chi connectivity index (χ1) is 11.4. The molecule has 7 heteroatoms. The molecule has 0 radical (unpaired) electrons. The number of sulfonamides is 1. The number of rotatable bonds is 6. The lowest BCUT2D eigenvalue weighted by Crippen LogP contribution is -2.66. The summed E-state index contributed by atoms with van der Waals surface area (Å²) in [7, 11) is -3.09. The van der Waals surface area contributed by atoms with Crippen LogP contribution in [0.2, 0.25) is 0 Å². The minimum absolute atomic E-state index is 0.260. The molecular weight excluding hydrogens is 328 g/mol. The average Bonchev–Trinajstić information content (AvgIpc) is 2.49. The molecule has 2 saturated heterocycles. The number of nitrogens with zero attached hydrogens (tertiary/aromatic N) is 2. The lowest BCUT2D eigenvalue weighted by atomic mass is 9.80. The molecule has 1 atom stereocenters. The molecule has 2 aliphatic rings. The van der Waals surface area contributed by atoms with Gasteiger partial charge in [0, 0.05) is 32.0 Å². The Kier molecular flexibility index (Phi) is 5.24. The largest absolute Gasteiger partial charge is 0.375 e. The molecule has 1 aromatic heterocycles. The number of hydrogen-bond donors (Lipinski definition) is 0. The van der Waals surface area contributed by atoms with Crippen molar-refractivity contribution in [1.82, 2.24) is 9.29 Å². The van der Waals surface area contributed by atoms with E-state index in [9.17, 15) is 8.42 Å². The van der Waals surface area contributed by atoms with Gasteiger partial charge in [-0.25, -0.2) is 8.42 Å². The molecule has 24 heavy (non-hydrogen) atoms. The predicted octanol–water partition coefficient (Wildman–Crippen LogP) is 1.74. The van der Waals surface area contributed by atoms with Gasteiger partial charge < -0.3 is 9.47 Å². The molecule has 0 N–H and O–H groups in total. The maximum absolute atomic E-state index is 11.5. The van der Waals surface area contributed by atoms with Crippen molar-refractivity contribution in [3.8, 4) is 0 Å². The summed E-state index contributed by atoms with van der Waals surface area (Å²) in [5, 5.41) is 0. The van der Waals surface area contributed by atoms with E-state index in [0.717, 1.165) is 30.7 Å². The van der Waals surface area contributed by atoms with Gasteiger partial charge in [0.1, 0.15) is 0 Å². The Hall–Kier alpha value is -1.02. The molecule has 0 aliphatic carbocycles. The van der Waals surface area contributed by atoms with E-state index in [1.807, 2.05) is 25.1 Å². The fourth-order valence-electron chi connectivity index (χ4n) is 3.53. The maximum atomic E-state index is 11.5. The first kappa shape index (κ1) is 17.8. The van der Waals surface area contributed by atoms with E-state index in [2.05, 4.69) is 4.98 Å². The Balaban J connectivity index is 1.40. The molecule has 0 aromatic carbocycles. The average molecular weight is 354 g/mol. The van der Waals surface area contributed by atoms with E-state index in [4.69, 9.17) is 9.47 Å². The molecule has 1 spiro atoms. The zero-order chi connectivity index (χ0) is 17.2. The summed E-state index contributed by atoms with van der Waals surface area (Å²) in [5.41, 5.74) is 1.70. The summed E-state index contributed by atoms with van der Waals surface area (Å²) in [6.07, 6.45) is 4.18. The fraction of sp³-hybridized carbons (Fsp3) is 0.706. The van der Waals surface area contributed by atoms with Gasteiger partial charge >= 0.3 is 0 Å². The third-order valence-electron chi connectivity index (χ3n) is 4.86. The van der Waals surface area contributed by atoms with Gasteiger partial charge in [0.05, 0.1) is 24.2 Å². The first-order valence-corrected chi connectivity index (χ1v) is 10.3. The minimum atomic E-state index is -3.09. The molecular formula is C17H26N2O4S. The third-order valence-corrected chi connectivity index (χ3v) is 6.06. The molecule has 1 unspecified atom stereocenters. The molecule has 0 saturated carbocycles. The molecule has 2 aliphatic heterocycles. The summed E-state index contributed by atoms with van der Waals surface area (Å²) < 4.78 is 36.2. The molecule has 6 nitrogen and oxygen atoms in total. The Morgan fingerprint density at radius 1 is 1.42 bits per heavy atom. The predicted molar refractivity (Wildman–Crippen MR) is 91.1 cm³/mol. The lowest BCUT2D eigenvalue weighted by Gasteiger charge is -2.52. The lowest BCUT2D eigenvalue weighted by molar-refractivity contribution is -0.157. The second kappa shape index (κ2) is 7.07. The van der Waals surface area contributed by atoms with E-state index in [-0.39, 0.29) is 5.60 Å². The van der Waals surface area contributed by atoms with Crippen molar-refractivity contribution in [3.63, 3.8) is 0 Å². The van der Waals surface area contributed by atoms with Crippen LogP contribution in [0.4, 0.5) is 0 Å². The summed E-state index contributed by atoms with van der Waals surface area (Å²) in [5.74, 6) is 0.533. The van der Waals surface area contributed by atoms with Crippen LogP contribution in [0.1, 0.15) is 30.7 Å². The highest BCUT2D eigenvalue weighted by Gasteiger charge is 2.50. The maximum Gasteiger partial charge on any atom is 0.211 e. The smallest absolute Gasteiger partial charge is 0.211 e. The van der Waals surface area contributed by atoms with Crippen molar-refractivity contribution in [2.75, 3.05) is 32.6 Å². The Bertz CT molecular complexity index is 671. The van der Waals surface area contributed by atoms with Crippen molar-refractivity contribution >= 4 is 10.0 Å². The number of aryl methyl sites for hydroxylation is 1. The Labute approximate surface area is 144 Å². The van der Waals surface area contributed by atoms with Gasteiger partial charge in [-0.1, -0.05) is 6.07 Å². The monoisotopic (exact) mass is 354 g/mol. The highest BCUT2D eigenvalue weighted by molar-refractivity contribution is 7.88. The van der Waals surface area contributed by atoms with Gasteiger partial charge in [0.25, 0.3) is 0 Å². The molecule has 3 heterocycles. The Morgan fingerprint density at radius 2 is 2.21 bits per heavy atom. The van der Waals surface area contributed by atoms with Crippen LogP contribution >= 0.6 is 0 Å². The second-order valence-electron chi connectivity index (χ2n) is 7.03. The highest BCUT2D eigenvalue weighted by Crippen LogP contribution is 2.39. The highest BCUT2D eigenvalue weighted by atomic mass is 32.2. The van der Waals surface area contributed by atoms with Crippen molar-refractivity contribution in [3.05, 3.63) is 29.6 Å². The van der Waals surface area contributed by atoms with E-state index in [0.29, 0.717) is 38.8 Å². The van der Waals surface area contributed by atoms with Gasteiger partial charge in [0.2, 0.25) is 10.0 Å². The molecule has 0 amide bonds. The van der Waals surface area contributed by atoms with Gasteiger partial charge in [-0.2, -0.15) is 4.31 Å². The SMILES string of the molecule is Cc1cccc(COCCC2CCOC3(C2)CN(S(C)(=O)=O)C3)n1. The van der Waals surface area contributed by atoms with Crippen LogP contribution in [0, 0.1) is 12.8 Å². The van der Waals surface area contributed by atoms with E-state index >= 15 is 0 Å². The van der Waals surface area contributed by atoms with Crippen molar-refractivity contribution in [1.29, 1.82) is 0 Å². The van der Waals surface area contributed by atoms with Gasteiger partial charge in [-0.15, -0.1) is 0 Å². The summed E-state index contributed by atoms with van der Waals surface area (Å²) >= 11 is 0. The zero-order valence-electron chi connectivity index (χ0n) is 14.4. The topological polar surface area (TPSA) is 68.7 Å². The van der Waals surface area contributed by atoms with Crippen LogP contribution in [-0.4, -0.2) is 55.9 Å². The zero-order valence-corrected chi connectivity index (χ0v) is 15.2. The van der Waals surface area contributed by atoms with E-state index in [1.165, 1.54) is 10.6 Å². The van der Waals surface area contributed by atoms with Crippen LogP contribution < -0.4 is 0 Å². The van der Waals surface area contributed by atoms with Crippen molar-refractivity contribution in [2.24, 2.45) is 5.92 Å². The number of hydrogen-bond acceptors (Lipinski definition) is 5. The number of ether oxygens (including phenoxy) is 2. The van der Waals surface area contributed by atoms with Crippen LogP contribution in [0.5, 0.6) is 0 Å². The van der Waals surface area contributed by atoms with Crippen LogP contribution in [0.15, 0.2) is 18.2 Å². The number of pyridine rings is 1. The van der Waals surface area contributed by atoms with Gasteiger partial charge in [0.15, 0.2) is 0 Å². The minimum Gasteiger partial charge on any atom is -0.375 e. The van der Waals surface area contributed by atoms with Crippen LogP contribution in [-0.2, 0) is 26.1 Å². The normalized spacial score (nSPS) is 24.0. The first-order valence-electron chi connectivity index (χ1n) is 8.46. The van der Waals surface area contributed by atoms with Crippen molar-refractivity contribution in [2.45, 2.75) is 38.4 Å². The van der Waals surface area contributed by atoms with Crippen LogP contribution in [0.25, 0.3) is 0 Å². The molecule has 0 bridgehead atoms. The van der Waals surface area contributed by atoms with Crippen molar-refractivity contribution < 1.29 is 17.9 Å². The molecule has 3 rings (SSSR count). The fourth-order valence-corrected chi connectivity index (χ4v) is 4.47. The van der Waals surface area contributed by atoms with Gasteiger partial charge in [-0.05, 0) is 44.2 Å². The van der Waals surface area contributed by atoms with Crippen LogP contribution in [0.3, 0.4) is 0 Å². The van der Waals surface area contributed by atoms with E-state index in [1.54, 1.807) is 0 Å². The molecule has 134 valence electrons. The molecule has 2 fully saturated rings. The Morgan fingerprint density at radius 3 is 2.92 bits per heavy atom. The molecule has 1 aromatic rings.